The lowest BCUT2D eigenvalue weighted by Gasteiger charge is -2.30. The van der Waals surface area contributed by atoms with Crippen molar-refractivity contribution >= 4 is 0 Å². The third-order valence-corrected chi connectivity index (χ3v) is 2.85. The molecule has 13 heavy (non-hydrogen) atoms. The third kappa shape index (κ3) is 3.65. The normalized spacial score (nSPS) is 26.3. The van der Waals surface area contributed by atoms with Crippen LogP contribution in [0.15, 0.2) is 0 Å². The molecule has 0 aliphatic carbocycles. The number of hydrogen-bond donors (Lipinski definition) is 1. The molecule has 2 heteroatoms. The van der Waals surface area contributed by atoms with Gasteiger partial charge >= 0.3 is 0 Å². The van der Waals surface area contributed by atoms with Gasteiger partial charge in [-0.05, 0) is 25.2 Å². The quantitative estimate of drug-likeness (QED) is 0.725. The Hall–Kier alpha value is -0.0800. The highest BCUT2D eigenvalue weighted by molar-refractivity contribution is 4.77. The van der Waals surface area contributed by atoms with Gasteiger partial charge in [0.25, 0.3) is 0 Å². The summed E-state index contributed by atoms with van der Waals surface area (Å²) >= 11 is 0. The van der Waals surface area contributed by atoms with Crippen LogP contribution >= 0.6 is 0 Å². The summed E-state index contributed by atoms with van der Waals surface area (Å²) in [6.45, 7) is 8.68. The molecule has 0 amide bonds. The highest BCUT2D eigenvalue weighted by atomic mass is 16.5. The minimum atomic E-state index is 0.598. The van der Waals surface area contributed by atoms with Gasteiger partial charge in [0.15, 0.2) is 0 Å². The second-order valence-electron chi connectivity index (χ2n) is 4.34. The molecule has 1 aliphatic rings. The van der Waals surface area contributed by atoms with Crippen LogP contribution in [0.3, 0.4) is 0 Å². The highest BCUT2D eigenvalue weighted by Crippen LogP contribution is 2.11. The summed E-state index contributed by atoms with van der Waals surface area (Å²) in [5.41, 5.74) is 0. The van der Waals surface area contributed by atoms with Crippen molar-refractivity contribution in [1.82, 2.24) is 5.32 Å². The van der Waals surface area contributed by atoms with Crippen LogP contribution in [0.2, 0.25) is 0 Å². The number of rotatable bonds is 4. The van der Waals surface area contributed by atoms with Crippen molar-refractivity contribution in [3.8, 4) is 0 Å². The molecule has 1 rings (SSSR count). The molecule has 0 radical (unpaired) electrons. The molecular formula is C11H23NO. The van der Waals surface area contributed by atoms with Gasteiger partial charge in [0.05, 0.1) is 6.61 Å². The lowest BCUT2D eigenvalue weighted by Crippen LogP contribution is -2.45. The maximum absolute atomic E-state index is 5.44. The molecule has 0 saturated carbocycles. The van der Waals surface area contributed by atoms with Gasteiger partial charge < -0.3 is 10.1 Å². The Morgan fingerprint density at radius 3 is 2.69 bits per heavy atom. The Morgan fingerprint density at radius 2 is 2.23 bits per heavy atom. The molecule has 2 atom stereocenters. The monoisotopic (exact) mass is 185 g/mol. The van der Waals surface area contributed by atoms with E-state index in [0.717, 1.165) is 19.1 Å². The number of nitrogens with one attached hydrogen (secondary N) is 1. The van der Waals surface area contributed by atoms with Crippen molar-refractivity contribution in [2.75, 3.05) is 13.2 Å². The predicted molar refractivity (Wildman–Crippen MR) is 55.9 cm³/mol. The van der Waals surface area contributed by atoms with Crippen LogP contribution in [-0.2, 0) is 4.74 Å². The van der Waals surface area contributed by atoms with E-state index >= 15 is 0 Å². The average Bonchev–Trinajstić information content (AvgIpc) is 2.15. The van der Waals surface area contributed by atoms with Crippen LogP contribution in [0, 0.1) is 5.92 Å². The van der Waals surface area contributed by atoms with Crippen LogP contribution in [0.4, 0.5) is 0 Å². The van der Waals surface area contributed by atoms with Gasteiger partial charge in [-0.25, -0.2) is 0 Å². The van der Waals surface area contributed by atoms with E-state index in [1.54, 1.807) is 0 Å². The van der Waals surface area contributed by atoms with Crippen molar-refractivity contribution in [2.24, 2.45) is 5.92 Å². The molecule has 1 saturated heterocycles. The Balaban J connectivity index is 2.27. The van der Waals surface area contributed by atoms with Crippen LogP contribution in [0.1, 0.15) is 40.0 Å². The van der Waals surface area contributed by atoms with E-state index in [-0.39, 0.29) is 0 Å². The average molecular weight is 185 g/mol. The zero-order valence-corrected chi connectivity index (χ0v) is 9.18. The summed E-state index contributed by atoms with van der Waals surface area (Å²) in [6.07, 6.45) is 3.71. The Labute approximate surface area is 82.0 Å². The Bertz CT molecular complexity index is 130. The first-order valence-electron chi connectivity index (χ1n) is 5.57. The van der Waals surface area contributed by atoms with Gasteiger partial charge in [-0.15, -0.1) is 0 Å². The molecule has 0 aromatic rings. The molecule has 1 heterocycles. The van der Waals surface area contributed by atoms with Crippen molar-refractivity contribution < 1.29 is 4.74 Å². The summed E-state index contributed by atoms with van der Waals surface area (Å²) in [6, 6.07) is 1.26. The third-order valence-electron chi connectivity index (χ3n) is 2.85. The van der Waals surface area contributed by atoms with Crippen LogP contribution in [0.25, 0.3) is 0 Å². The van der Waals surface area contributed by atoms with E-state index in [2.05, 4.69) is 26.1 Å². The number of hydrogen-bond acceptors (Lipinski definition) is 2. The first kappa shape index (κ1) is 11.0. The van der Waals surface area contributed by atoms with E-state index in [0.29, 0.717) is 12.1 Å². The van der Waals surface area contributed by atoms with E-state index < -0.39 is 0 Å². The zero-order chi connectivity index (χ0) is 9.68. The van der Waals surface area contributed by atoms with Crippen LogP contribution in [0.5, 0.6) is 0 Å². The molecule has 2 nitrogen and oxygen atoms in total. The lowest BCUT2D eigenvalue weighted by molar-refractivity contribution is 0.0636. The standard InChI is InChI=1S/C11H23NO/c1-4-11(9(2)3)12-10-6-5-7-13-8-10/h9-12H,4-8H2,1-3H3. The zero-order valence-electron chi connectivity index (χ0n) is 9.18. The van der Waals surface area contributed by atoms with Crippen LogP contribution in [-0.4, -0.2) is 25.3 Å². The molecule has 1 aliphatic heterocycles. The molecule has 0 aromatic heterocycles. The first-order chi connectivity index (χ1) is 6.24. The number of ether oxygens (including phenoxy) is 1. The van der Waals surface area contributed by atoms with Crippen molar-refractivity contribution in [2.45, 2.75) is 52.1 Å². The second-order valence-corrected chi connectivity index (χ2v) is 4.34. The molecule has 0 aromatic carbocycles. The fraction of sp³-hybridized carbons (Fsp3) is 1.00. The topological polar surface area (TPSA) is 21.3 Å². The highest BCUT2D eigenvalue weighted by Gasteiger charge is 2.18. The summed E-state index contributed by atoms with van der Waals surface area (Å²) in [4.78, 5) is 0. The minimum absolute atomic E-state index is 0.598. The van der Waals surface area contributed by atoms with Gasteiger partial charge in [-0.2, -0.15) is 0 Å². The second kappa shape index (κ2) is 5.61. The van der Waals surface area contributed by atoms with Crippen molar-refractivity contribution in [1.29, 1.82) is 0 Å². The largest absolute Gasteiger partial charge is 0.380 e. The van der Waals surface area contributed by atoms with Gasteiger partial charge in [0.2, 0.25) is 0 Å². The Morgan fingerprint density at radius 1 is 1.46 bits per heavy atom. The SMILES string of the molecule is CCC(NC1CCCOC1)C(C)C. The van der Waals surface area contributed by atoms with Gasteiger partial charge in [-0.1, -0.05) is 20.8 Å². The van der Waals surface area contributed by atoms with Crippen molar-refractivity contribution in [3.63, 3.8) is 0 Å². The summed E-state index contributed by atoms with van der Waals surface area (Å²) in [5.74, 6) is 0.729. The van der Waals surface area contributed by atoms with Gasteiger partial charge in [0, 0.05) is 18.7 Å². The molecule has 78 valence electrons. The maximum atomic E-state index is 5.44. The fourth-order valence-electron chi connectivity index (χ4n) is 1.96. The summed E-state index contributed by atoms with van der Waals surface area (Å²) in [5, 5.41) is 3.68. The van der Waals surface area contributed by atoms with E-state index in [1.807, 2.05) is 0 Å². The smallest absolute Gasteiger partial charge is 0.0619 e. The first-order valence-corrected chi connectivity index (χ1v) is 5.57. The molecule has 0 bridgehead atoms. The van der Waals surface area contributed by atoms with Gasteiger partial charge in [0.1, 0.15) is 0 Å². The molecular weight excluding hydrogens is 162 g/mol. The summed E-state index contributed by atoms with van der Waals surface area (Å²) in [7, 11) is 0. The molecule has 1 fully saturated rings. The van der Waals surface area contributed by atoms with E-state index in [9.17, 15) is 0 Å². The minimum Gasteiger partial charge on any atom is -0.380 e. The molecule has 2 unspecified atom stereocenters. The predicted octanol–water partition coefficient (Wildman–Crippen LogP) is 2.19. The molecule has 1 N–H and O–H groups in total. The van der Waals surface area contributed by atoms with E-state index in [4.69, 9.17) is 4.74 Å². The van der Waals surface area contributed by atoms with Gasteiger partial charge in [-0.3, -0.25) is 0 Å². The summed E-state index contributed by atoms with van der Waals surface area (Å²) < 4.78 is 5.44. The maximum Gasteiger partial charge on any atom is 0.0619 e. The Kier molecular flexibility index (Phi) is 4.74. The fourth-order valence-corrected chi connectivity index (χ4v) is 1.96. The van der Waals surface area contributed by atoms with Crippen LogP contribution < -0.4 is 5.32 Å². The lowest BCUT2D eigenvalue weighted by atomic mass is 9.99. The molecule has 0 spiro atoms. The van der Waals surface area contributed by atoms with E-state index in [1.165, 1.54) is 19.3 Å². The van der Waals surface area contributed by atoms with Crippen molar-refractivity contribution in [3.05, 3.63) is 0 Å².